The molecule has 0 bridgehead atoms. The molecule has 0 aliphatic rings. The minimum Gasteiger partial charge on any atom is -0.370 e. The standard InChI is InChI=1S/C13H16N4O2/c1-4-14-11-7-5-6-10(15-11)12(18)16-13-8(2)9(3)17-19-13/h5-7H,4H2,1-3H3,(H,14,15)(H,16,18). The van der Waals surface area contributed by atoms with Crippen molar-refractivity contribution in [3.63, 3.8) is 0 Å². The van der Waals surface area contributed by atoms with Crippen molar-refractivity contribution in [2.24, 2.45) is 0 Å². The van der Waals surface area contributed by atoms with Gasteiger partial charge in [0, 0.05) is 12.1 Å². The van der Waals surface area contributed by atoms with Crippen molar-refractivity contribution in [2.75, 3.05) is 17.2 Å². The van der Waals surface area contributed by atoms with E-state index < -0.39 is 0 Å². The van der Waals surface area contributed by atoms with Crippen molar-refractivity contribution >= 4 is 17.6 Å². The lowest BCUT2D eigenvalue weighted by molar-refractivity contribution is 0.101. The third-order valence-electron chi connectivity index (χ3n) is 2.72. The summed E-state index contributed by atoms with van der Waals surface area (Å²) in [5.74, 6) is 0.706. The number of aryl methyl sites for hydroxylation is 1. The van der Waals surface area contributed by atoms with Gasteiger partial charge in [0.05, 0.1) is 5.69 Å². The van der Waals surface area contributed by atoms with E-state index >= 15 is 0 Å². The highest BCUT2D eigenvalue weighted by Gasteiger charge is 2.14. The number of rotatable bonds is 4. The zero-order valence-electron chi connectivity index (χ0n) is 11.2. The summed E-state index contributed by atoms with van der Waals surface area (Å²) in [6, 6.07) is 5.23. The summed E-state index contributed by atoms with van der Waals surface area (Å²) in [5.41, 5.74) is 1.90. The van der Waals surface area contributed by atoms with Gasteiger partial charge in [0.15, 0.2) is 0 Å². The van der Waals surface area contributed by atoms with E-state index in [-0.39, 0.29) is 5.91 Å². The second-order valence-electron chi connectivity index (χ2n) is 4.11. The van der Waals surface area contributed by atoms with Gasteiger partial charge in [0.2, 0.25) is 5.88 Å². The Labute approximate surface area is 111 Å². The van der Waals surface area contributed by atoms with Crippen molar-refractivity contribution in [1.82, 2.24) is 10.1 Å². The van der Waals surface area contributed by atoms with Crippen molar-refractivity contribution < 1.29 is 9.32 Å². The molecule has 2 aromatic rings. The molecule has 2 rings (SSSR count). The summed E-state index contributed by atoms with van der Waals surface area (Å²) in [7, 11) is 0. The molecule has 6 heteroatoms. The molecule has 0 aromatic carbocycles. The number of pyridine rings is 1. The minimum absolute atomic E-state index is 0.320. The first-order valence-electron chi connectivity index (χ1n) is 6.07. The lowest BCUT2D eigenvalue weighted by atomic mass is 10.2. The predicted molar refractivity (Wildman–Crippen MR) is 72.3 cm³/mol. The molecular formula is C13H16N4O2. The molecule has 2 heterocycles. The van der Waals surface area contributed by atoms with Crippen LogP contribution >= 0.6 is 0 Å². The summed E-state index contributed by atoms with van der Waals surface area (Å²) in [4.78, 5) is 16.3. The van der Waals surface area contributed by atoms with E-state index in [1.165, 1.54) is 0 Å². The Balaban J connectivity index is 2.16. The Bertz CT molecular complexity index is 592. The van der Waals surface area contributed by atoms with Crippen molar-refractivity contribution in [3.05, 3.63) is 35.2 Å². The lowest BCUT2D eigenvalue weighted by Crippen LogP contribution is -2.14. The number of nitrogens with one attached hydrogen (secondary N) is 2. The molecule has 0 radical (unpaired) electrons. The van der Waals surface area contributed by atoms with Crippen molar-refractivity contribution in [2.45, 2.75) is 20.8 Å². The van der Waals surface area contributed by atoms with E-state index in [9.17, 15) is 4.79 Å². The molecule has 19 heavy (non-hydrogen) atoms. The van der Waals surface area contributed by atoms with Crippen molar-refractivity contribution in [1.29, 1.82) is 0 Å². The van der Waals surface area contributed by atoms with Gasteiger partial charge in [-0.25, -0.2) is 4.98 Å². The van der Waals surface area contributed by atoms with Crippen LogP contribution < -0.4 is 10.6 Å². The van der Waals surface area contributed by atoms with Crippen LogP contribution in [0.1, 0.15) is 28.7 Å². The maximum atomic E-state index is 12.0. The Morgan fingerprint density at radius 2 is 2.16 bits per heavy atom. The molecule has 6 nitrogen and oxygen atoms in total. The Kier molecular flexibility index (Phi) is 3.79. The van der Waals surface area contributed by atoms with E-state index in [1.54, 1.807) is 12.1 Å². The summed E-state index contributed by atoms with van der Waals surface area (Å²) in [6.07, 6.45) is 0. The molecule has 2 aromatic heterocycles. The molecule has 0 aliphatic carbocycles. The van der Waals surface area contributed by atoms with Gasteiger partial charge in [0.25, 0.3) is 5.91 Å². The molecule has 0 fully saturated rings. The molecule has 0 unspecified atom stereocenters. The lowest BCUT2D eigenvalue weighted by Gasteiger charge is -2.05. The van der Waals surface area contributed by atoms with Crippen LogP contribution in [0, 0.1) is 13.8 Å². The van der Waals surface area contributed by atoms with Gasteiger partial charge in [0.1, 0.15) is 11.5 Å². The van der Waals surface area contributed by atoms with E-state index in [0.29, 0.717) is 17.4 Å². The number of amides is 1. The van der Waals surface area contributed by atoms with Crippen LogP contribution in [-0.4, -0.2) is 22.6 Å². The fraction of sp³-hybridized carbons (Fsp3) is 0.308. The number of hydrogen-bond donors (Lipinski definition) is 2. The summed E-state index contributed by atoms with van der Waals surface area (Å²) < 4.78 is 5.04. The average molecular weight is 260 g/mol. The highest BCUT2D eigenvalue weighted by Crippen LogP contribution is 2.18. The fourth-order valence-electron chi connectivity index (χ4n) is 1.54. The smallest absolute Gasteiger partial charge is 0.276 e. The summed E-state index contributed by atoms with van der Waals surface area (Å²) >= 11 is 0. The zero-order valence-corrected chi connectivity index (χ0v) is 11.2. The molecule has 1 amide bonds. The highest BCUT2D eigenvalue weighted by atomic mass is 16.5. The summed E-state index contributed by atoms with van der Waals surface area (Å²) in [5, 5.41) is 9.50. The minimum atomic E-state index is -0.320. The van der Waals surface area contributed by atoms with E-state index in [0.717, 1.165) is 17.8 Å². The van der Waals surface area contributed by atoms with Crippen LogP contribution in [-0.2, 0) is 0 Å². The van der Waals surface area contributed by atoms with Gasteiger partial charge in [-0.15, -0.1) is 0 Å². The molecule has 100 valence electrons. The van der Waals surface area contributed by atoms with Gasteiger partial charge >= 0.3 is 0 Å². The number of carbonyl (C=O) groups is 1. The first-order chi connectivity index (χ1) is 9.11. The predicted octanol–water partition coefficient (Wildman–Crippen LogP) is 2.37. The van der Waals surface area contributed by atoms with Gasteiger partial charge in [-0.1, -0.05) is 11.2 Å². The maximum Gasteiger partial charge on any atom is 0.276 e. The van der Waals surface area contributed by atoms with Gasteiger partial charge < -0.3 is 9.84 Å². The summed E-state index contributed by atoms with van der Waals surface area (Å²) in [6.45, 7) is 6.37. The van der Waals surface area contributed by atoms with Gasteiger partial charge in [-0.2, -0.15) is 0 Å². The fourth-order valence-corrected chi connectivity index (χ4v) is 1.54. The van der Waals surface area contributed by atoms with Crippen LogP contribution in [0.4, 0.5) is 11.7 Å². The second-order valence-corrected chi connectivity index (χ2v) is 4.11. The highest BCUT2D eigenvalue weighted by molar-refractivity contribution is 6.02. The molecule has 2 N–H and O–H groups in total. The Morgan fingerprint density at radius 1 is 1.37 bits per heavy atom. The Morgan fingerprint density at radius 3 is 2.79 bits per heavy atom. The van der Waals surface area contributed by atoms with Crippen LogP contribution in [0.25, 0.3) is 0 Å². The van der Waals surface area contributed by atoms with Crippen LogP contribution in [0.3, 0.4) is 0 Å². The van der Waals surface area contributed by atoms with E-state index in [4.69, 9.17) is 4.52 Å². The first kappa shape index (κ1) is 13.1. The zero-order chi connectivity index (χ0) is 13.8. The van der Waals surface area contributed by atoms with Crippen LogP contribution in [0.2, 0.25) is 0 Å². The normalized spacial score (nSPS) is 10.3. The monoisotopic (exact) mass is 260 g/mol. The van der Waals surface area contributed by atoms with Crippen molar-refractivity contribution in [3.8, 4) is 0 Å². The average Bonchev–Trinajstić information content (AvgIpc) is 2.71. The second kappa shape index (κ2) is 5.51. The largest absolute Gasteiger partial charge is 0.370 e. The number of anilines is 2. The molecule has 0 saturated carbocycles. The third-order valence-corrected chi connectivity index (χ3v) is 2.72. The number of aromatic nitrogens is 2. The molecule has 0 atom stereocenters. The van der Waals surface area contributed by atoms with Crippen LogP contribution in [0.5, 0.6) is 0 Å². The molecular weight excluding hydrogens is 244 g/mol. The maximum absolute atomic E-state index is 12.0. The molecule has 0 saturated heterocycles. The SMILES string of the molecule is CCNc1cccc(C(=O)Nc2onc(C)c2C)n1. The number of nitrogens with zero attached hydrogens (tertiary/aromatic N) is 2. The quantitative estimate of drug-likeness (QED) is 0.882. The van der Waals surface area contributed by atoms with Gasteiger partial charge in [-0.05, 0) is 32.9 Å². The molecule has 0 aliphatic heterocycles. The van der Waals surface area contributed by atoms with E-state index in [1.807, 2.05) is 26.8 Å². The van der Waals surface area contributed by atoms with E-state index in [2.05, 4.69) is 20.8 Å². The van der Waals surface area contributed by atoms with Crippen LogP contribution in [0.15, 0.2) is 22.7 Å². The number of hydrogen-bond acceptors (Lipinski definition) is 5. The molecule has 0 spiro atoms. The number of carbonyl (C=O) groups excluding carboxylic acids is 1. The third kappa shape index (κ3) is 2.90. The topological polar surface area (TPSA) is 80.0 Å². The first-order valence-corrected chi connectivity index (χ1v) is 6.07. The Hall–Kier alpha value is -2.37. The van der Waals surface area contributed by atoms with Gasteiger partial charge in [-0.3, -0.25) is 10.1 Å².